The number of hydrogen-bond donors (Lipinski definition) is 1. The Morgan fingerprint density at radius 2 is 2.17 bits per heavy atom. The molecule has 18 heavy (non-hydrogen) atoms. The first-order chi connectivity index (χ1) is 8.74. The lowest BCUT2D eigenvalue weighted by Crippen LogP contribution is -2.17. The molecule has 3 rings (SSSR count). The van der Waals surface area contributed by atoms with Crippen LogP contribution in [0.25, 0.3) is 11.3 Å². The maximum Gasteiger partial charge on any atom is 0.121 e. The lowest BCUT2D eigenvalue weighted by molar-refractivity contribution is 0.782. The highest BCUT2D eigenvalue weighted by Gasteiger charge is 2.10. The van der Waals surface area contributed by atoms with Crippen LogP contribution in [-0.2, 0) is 7.05 Å². The number of nitrogen functional groups attached to an aromatic ring is 1. The third-order valence-corrected chi connectivity index (χ3v) is 3.08. The predicted molar refractivity (Wildman–Crippen MR) is 73.8 cm³/mol. The van der Waals surface area contributed by atoms with Gasteiger partial charge in [-0.25, -0.2) is 0 Å². The van der Waals surface area contributed by atoms with E-state index in [0.29, 0.717) is 5.82 Å². The molecule has 5 heteroatoms. The maximum absolute atomic E-state index is 5.81. The lowest BCUT2D eigenvalue weighted by atomic mass is 10.1. The van der Waals surface area contributed by atoms with Gasteiger partial charge in [0.1, 0.15) is 5.82 Å². The first kappa shape index (κ1) is 10.8. The molecule has 0 bridgehead atoms. The fourth-order valence-electron chi connectivity index (χ4n) is 2.04. The van der Waals surface area contributed by atoms with Crippen molar-refractivity contribution in [2.45, 2.75) is 0 Å². The van der Waals surface area contributed by atoms with Crippen LogP contribution < -0.4 is 10.6 Å². The average molecular weight is 241 g/mol. The number of nitrogens with two attached hydrogens (primary N) is 1. The maximum atomic E-state index is 5.81. The van der Waals surface area contributed by atoms with Crippen molar-refractivity contribution in [1.29, 1.82) is 0 Å². The number of aliphatic imine (C=N–C) groups is 1. The summed E-state index contributed by atoms with van der Waals surface area (Å²) in [4.78, 5) is 6.36. The summed E-state index contributed by atoms with van der Waals surface area (Å²) in [7, 11) is 1.84. The zero-order chi connectivity index (χ0) is 12.5. The smallest absolute Gasteiger partial charge is 0.121 e. The SMILES string of the molecule is Cn1nc(-c2cccc(N3C=NCC3)c2)cc1N. The quantitative estimate of drug-likeness (QED) is 0.867. The highest BCUT2D eigenvalue weighted by Crippen LogP contribution is 2.25. The monoisotopic (exact) mass is 241 g/mol. The van der Waals surface area contributed by atoms with Crippen molar-refractivity contribution in [2.75, 3.05) is 23.7 Å². The number of anilines is 2. The molecule has 0 aliphatic carbocycles. The van der Waals surface area contributed by atoms with E-state index >= 15 is 0 Å². The molecule has 0 spiro atoms. The molecule has 2 heterocycles. The van der Waals surface area contributed by atoms with Crippen LogP contribution in [0, 0.1) is 0 Å². The second kappa shape index (κ2) is 4.18. The van der Waals surface area contributed by atoms with Gasteiger partial charge >= 0.3 is 0 Å². The zero-order valence-corrected chi connectivity index (χ0v) is 10.2. The van der Waals surface area contributed by atoms with E-state index in [9.17, 15) is 0 Å². The van der Waals surface area contributed by atoms with E-state index in [-0.39, 0.29) is 0 Å². The molecular weight excluding hydrogens is 226 g/mol. The Labute approximate surface area is 106 Å². The summed E-state index contributed by atoms with van der Waals surface area (Å²) in [5, 5.41) is 4.39. The van der Waals surface area contributed by atoms with Gasteiger partial charge in [-0.1, -0.05) is 12.1 Å². The fourth-order valence-corrected chi connectivity index (χ4v) is 2.04. The van der Waals surface area contributed by atoms with Gasteiger partial charge in [0, 0.05) is 30.9 Å². The Morgan fingerprint density at radius 1 is 1.28 bits per heavy atom. The van der Waals surface area contributed by atoms with E-state index in [1.807, 2.05) is 31.6 Å². The molecule has 2 aromatic rings. The van der Waals surface area contributed by atoms with Crippen LogP contribution in [0.1, 0.15) is 0 Å². The Hall–Kier alpha value is -2.30. The molecular formula is C13H15N5. The lowest BCUT2D eigenvalue weighted by Gasteiger charge is -2.14. The van der Waals surface area contributed by atoms with Gasteiger partial charge in [-0.2, -0.15) is 5.10 Å². The predicted octanol–water partition coefficient (Wildman–Crippen LogP) is 1.52. The second-order valence-electron chi connectivity index (χ2n) is 4.34. The van der Waals surface area contributed by atoms with Gasteiger partial charge in [0.15, 0.2) is 0 Å². The number of hydrogen-bond acceptors (Lipinski definition) is 4. The summed E-state index contributed by atoms with van der Waals surface area (Å²) in [6.45, 7) is 1.80. The minimum absolute atomic E-state index is 0.665. The minimum Gasteiger partial charge on any atom is -0.384 e. The van der Waals surface area contributed by atoms with Crippen LogP contribution in [0.2, 0.25) is 0 Å². The van der Waals surface area contributed by atoms with Crippen LogP contribution >= 0.6 is 0 Å². The summed E-state index contributed by atoms with van der Waals surface area (Å²) in [6, 6.07) is 10.1. The molecule has 0 saturated carbocycles. The Bertz CT molecular complexity index is 580. The molecule has 0 amide bonds. The van der Waals surface area contributed by atoms with Crippen molar-refractivity contribution in [3.63, 3.8) is 0 Å². The van der Waals surface area contributed by atoms with E-state index in [2.05, 4.69) is 27.1 Å². The zero-order valence-electron chi connectivity index (χ0n) is 10.2. The van der Waals surface area contributed by atoms with Crippen LogP contribution in [-0.4, -0.2) is 29.2 Å². The highest BCUT2D eigenvalue weighted by atomic mass is 15.3. The molecule has 5 nitrogen and oxygen atoms in total. The highest BCUT2D eigenvalue weighted by molar-refractivity contribution is 5.82. The van der Waals surface area contributed by atoms with E-state index in [1.54, 1.807) is 4.68 Å². The van der Waals surface area contributed by atoms with Crippen molar-refractivity contribution in [3.05, 3.63) is 30.3 Å². The molecule has 0 atom stereocenters. The molecule has 0 saturated heterocycles. The van der Waals surface area contributed by atoms with Gasteiger partial charge in [0.05, 0.1) is 18.6 Å². The van der Waals surface area contributed by atoms with Crippen LogP contribution in [0.3, 0.4) is 0 Å². The van der Waals surface area contributed by atoms with Gasteiger partial charge in [-0.3, -0.25) is 9.67 Å². The largest absolute Gasteiger partial charge is 0.384 e. The van der Waals surface area contributed by atoms with Crippen molar-refractivity contribution < 1.29 is 0 Å². The molecule has 2 N–H and O–H groups in total. The van der Waals surface area contributed by atoms with Gasteiger partial charge in [0.2, 0.25) is 0 Å². The van der Waals surface area contributed by atoms with Gasteiger partial charge in [-0.15, -0.1) is 0 Å². The van der Waals surface area contributed by atoms with Crippen LogP contribution in [0.5, 0.6) is 0 Å². The number of nitrogens with zero attached hydrogens (tertiary/aromatic N) is 4. The van der Waals surface area contributed by atoms with Gasteiger partial charge < -0.3 is 10.6 Å². The van der Waals surface area contributed by atoms with Gasteiger partial charge in [0.25, 0.3) is 0 Å². The second-order valence-corrected chi connectivity index (χ2v) is 4.34. The van der Waals surface area contributed by atoms with Crippen molar-refractivity contribution in [2.24, 2.45) is 12.0 Å². The van der Waals surface area contributed by atoms with Crippen molar-refractivity contribution in [1.82, 2.24) is 9.78 Å². The number of rotatable bonds is 2. The summed E-state index contributed by atoms with van der Waals surface area (Å²) in [5.41, 5.74) is 8.91. The third-order valence-electron chi connectivity index (χ3n) is 3.08. The molecule has 92 valence electrons. The standard InChI is InChI=1S/C13H15N5/c1-17-13(14)8-12(16-17)10-3-2-4-11(7-10)18-6-5-15-9-18/h2-4,7-9H,5-6,14H2,1H3. The molecule has 1 aromatic carbocycles. The summed E-state index contributed by atoms with van der Waals surface area (Å²) < 4.78 is 1.68. The molecule has 1 aliphatic heterocycles. The first-order valence-corrected chi connectivity index (χ1v) is 5.90. The summed E-state index contributed by atoms with van der Waals surface area (Å²) in [6.07, 6.45) is 1.88. The third kappa shape index (κ3) is 1.84. The Morgan fingerprint density at radius 3 is 2.83 bits per heavy atom. The van der Waals surface area contributed by atoms with Crippen molar-refractivity contribution >= 4 is 17.8 Å². The average Bonchev–Trinajstić information content (AvgIpc) is 3.01. The van der Waals surface area contributed by atoms with Gasteiger partial charge in [-0.05, 0) is 12.1 Å². The van der Waals surface area contributed by atoms with Crippen LogP contribution in [0.4, 0.5) is 11.5 Å². The Balaban J connectivity index is 1.97. The normalized spacial score (nSPS) is 14.4. The van der Waals surface area contributed by atoms with E-state index in [4.69, 9.17) is 5.73 Å². The van der Waals surface area contributed by atoms with E-state index in [1.165, 1.54) is 0 Å². The molecule has 1 aliphatic rings. The van der Waals surface area contributed by atoms with Crippen molar-refractivity contribution in [3.8, 4) is 11.3 Å². The molecule has 1 aromatic heterocycles. The minimum atomic E-state index is 0.665. The fraction of sp³-hybridized carbons (Fsp3) is 0.231. The van der Waals surface area contributed by atoms with E-state index in [0.717, 1.165) is 30.0 Å². The summed E-state index contributed by atoms with van der Waals surface area (Å²) >= 11 is 0. The first-order valence-electron chi connectivity index (χ1n) is 5.90. The van der Waals surface area contributed by atoms with E-state index < -0.39 is 0 Å². The molecule has 0 unspecified atom stereocenters. The number of aromatic nitrogens is 2. The number of aryl methyl sites for hydroxylation is 1. The molecule has 0 fully saturated rings. The Kier molecular flexibility index (Phi) is 2.51. The molecule has 0 radical (unpaired) electrons. The topological polar surface area (TPSA) is 59.4 Å². The van der Waals surface area contributed by atoms with Crippen LogP contribution in [0.15, 0.2) is 35.3 Å². The summed E-state index contributed by atoms with van der Waals surface area (Å²) in [5.74, 6) is 0.665. The number of benzene rings is 1.